The Balaban J connectivity index is 1.38. The number of nitrogens with zero attached hydrogens (tertiary/aromatic N) is 2. The molecule has 2 aromatic carbocycles. The van der Waals surface area contributed by atoms with Crippen LogP contribution in [0.3, 0.4) is 0 Å². The lowest BCUT2D eigenvalue weighted by Crippen LogP contribution is -2.38. The highest BCUT2D eigenvalue weighted by atomic mass is 35.5. The number of aromatic nitrogens is 1. The number of anilines is 1. The van der Waals surface area contributed by atoms with Crippen LogP contribution in [0.1, 0.15) is 16.0 Å². The Bertz CT molecular complexity index is 1230. The lowest BCUT2D eigenvalue weighted by Gasteiger charge is -2.10. The number of hydrogen-bond donors (Lipinski definition) is 2. The summed E-state index contributed by atoms with van der Waals surface area (Å²) in [5, 5.41) is 6.42. The SMILES string of the molecule is O=C(CN1C(=O)N/C(=C\c2ccccc2)C1=O)Nc1ncc(Cc2cccc(Cl)c2Cl)s1. The number of benzene rings is 2. The summed E-state index contributed by atoms with van der Waals surface area (Å²) in [7, 11) is 0. The molecular formula is C22H16Cl2N4O3S. The van der Waals surface area contributed by atoms with Gasteiger partial charge in [-0.05, 0) is 23.3 Å². The maximum atomic E-state index is 12.5. The molecule has 1 aliphatic rings. The number of amides is 4. The number of carbonyl (C=O) groups excluding carboxylic acids is 3. The van der Waals surface area contributed by atoms with Gasteiger partial charge in [0, 0.05) is 17.5 Å². The minimum absolute atomic E-state index is 0.115. The molecule has 0 saturated carbocycles. The van der Waals surface area contributed by atoms with Gasteiger partial charge in [-0.25, -0.2) is 14.7 Å². The topological polar surface area (TPSA) is 91.4 Å². The number of hydrogen-bond acceptors (Lipinski definition) is 5. The van der Waals surface area contributed by atoms with E-state index in [0.29, 0.717) is 21.6 Å². The first-order valence-electron chi connectivity index (χ1n) is 9.48. The molecule has 2 N–H and O–H groups in total. The average molecular weight is 487 g/mol. The van der Waals surface area contributed by atoms with E-state index in [0.717, 1.165) is 20.9 Å². The summed E-state index contributed by atoms with van der Waals surface area (Å²) in [6, 6.07) is 13.8. The molecule has 162 valence electrons. The number of carbonyl (C=O) groups is 3. The second kappa shape index (κ2) is 9.52. The largest absolute Gasteiger partial charge is 0.329 e. The first kappa shape index (κ1) is 22.0. The minimum atomic E-state index is -0.650. The number of nitrogens with one attached hydrogen (secondary N) is 2. The van der Waals surface area contributed by atoms with Crippen LogP contribution in [0.5, 0.6) is 0 Å². The standard InChI is InChI=1S/C22H16Cl2N4O3S/c23-16-8-4-7-14(19(16)24)10-15-11-25-21(32-15)27-18(29)12-28-20(30)17(26-22(28)31)9-13-5-2-1-3-6-13/h1-9,11H,10,12H2,(H,26,31)(H,25,27,29)/b17-9-. The van der Waals surface area contributed by atoms with Gasteiger partial charge in [0.25, 0.3) is 5.91 Å². The van der Waals surface area contributed by atoms with Crippen LogP contribution in [-0.2, 0) is 16.0 Å². The third-order valence-electron chi connectivity index (χ3n) is 4.57. The Kier molecular flexibility index (Phi) is 6.55. The Morgan fingerprint density at radius 2 is 1.91 bits per heavy atom. The molecule has 0 aliphatic carbocycles. The maximum absolute atomic E-state index is 12.5. The van der Waals surface area contributed by atoms with E-state index in [9.17, 15) is 14.4 Å². The predicted octanol–water partition coefficient (Wildman–Crippen LogP) is 4.57. The summed E-state index contributed by atoms with van der Waals surface area (Å²) in [4.78, 5) is 43.0. The van der Waals surface area contributed by atoms with Crippen molar-refractivity contribution in [3.8, 4) is 0 Å². The molecule has 10 heteroatoms. The third-order valence-corrected chi connectivity index (χ3v) is 6.34. The number of halogens is 2. The van der Waals surface area contributed by atoms with Crippen LogP contribution >= 0.6 is 34.5 Å². The lowest BCUT2D eigenvalue weighted by molar-refractivity contribution is -0.127. The van der Waals surface area contributed by atoms with Gasteiger partial charge in [-0.15, -0.1) is 11.3 Å². The van der Waals surface area contributed by atoms with Gasteiger partial charge in [0.15, 0.2) is 5.13 Å². The number of imide groups is 1. The monoisotopic (exact) mass is 486 g/mol. The van der Waals surface area contributed by atoms with Crippen molar-refractivity contribution in [2.45, 2.75) is 6.42 Å². The first-order chi connectivity index (χ1) is 15.4. The molecule has 0 atom stereocenters. The quantitative estimate of drug-likeness (QED) is 0.394. The molecule has 2 heterocycles. The van der Waals surface area contributed by atoms with Crippen molar-refractivity contribution >= 4 is 63.6 Å². The lowest BCUT2D eigenvalue weighted by atomic mass is 10.1. The molecule has 3 aromatic rings. The fourth-order valence-corrected chi connectivity index (χ4v) is 4.29. The summed E-state index contributed by atoms with van der Waals surface area (Å²) in [5.74, 6) is -1.10. The fourth-order valence-electron chi connectivity index (χ4n) is 3.05. The van der Waals surface area contributed by atoms with Crippen LogP contribution in [0, 0.1) is 0 Å². The van der Waals surface area contributed by atoms with E-state index in [4.69, 9.17) is 23.2 Å². The summed E-state index contributed by atoms with van der Waals surface area (Å²) < 4.78 is 0. The zero-order valence-electron chi connectivity index (χ0n) is 16.5. The van der Waals surface area contributed by atoms with Crippen LogP contribution in [-0.4, -0.2) is 34.3 Å². The molecule has 0 bridgehead atoms. The molecule has 1 saturated heterocycles. The van der Waals surface area contributed by atoms with Crippen molar-refractivity contribution in [2.75, 3.05) is 11.9 Å². The number of thiazole rings is 1. The Morgan fingerprint density at radius 3 is 2.69 bits per heavy atom. The third kappa shape index (κ3) is 4.99. The summed E-state index contributed by atoms with van der Waals surface area (Å²) in [6.45, 7) is -0.425. The number of rotatable bonds is 6. The highest BCUT2D eigenvalue weighted by molar-refractivity contribution is 7.15. The summed E-state index contributed by atoms with van der Waals surface area (Å²) in [5.41, 5.74) is 1.72. The van der Waals surface area contributed by atoms with Crippen LogP contribution in [0.15, 0.2) is 60.4 Å². The molecule has 32 heavy (non-hydrogen) atoms. The molecule has 1 aromatic heterocycles. The van der Waals surface area contributed by atoms with Gasteiger partial charge in [0.1, 0.15) is 12.2 Å². The van der Waals surface area contributed by atoms with Gasteiger partial charge >= 0.3 is 6.03 Å². The van der Waals surface area contributed by atoms with Gasteiger partial charge in [0.05, 0.1) is 10.0 Å². The van der Waals surface area contributed by atoms with Crippen molar-refractivity contribution in [3.63, 3.8) is 0 Å². The summed E-state index contributed by atoms with van der Waals surface area (Å²) >= 11 is 13.5. The first-order valence-corrected chi connectivity index (χ1v) is 11.0. The number of urea groups is 1. The normalized spacial score (nSPS) is 14.7. The van der Waals surface area contributed by atoms with Crippen molar-refractivity contribution in [1.82, 2.24) is 15.2 Å². The van der Waals surface area contributed by atoms with Crippen molar-refractivity contribution < 1.29 is 14.4 Å². The van der Waals surface area contributed by atoms with E-state index in [2.05, 4.69) is 15.6 Å². The molecule has 0 spiro atoms. The van der Waals surface area contributed by atoms with E-state index in [-0.39, 0.29) is 5.70 Å². The van der Waals surface area contributed by atoms with Crippen LogP contribution in [0.25, 0.3) is 6.08 Å². The van der Waals surface area contributed by atoms with E-state index in [1.807, 2.05) is 30.3 Å². The second-order valence-corrected chi connectivity index (χ2v) is 8.76. The zero-order chi connectivity index (χ0) is 22.7. The van der Waals surface area contributed by atoms with E-state index in [1.165, 1.54) is 11.3 Å². The Labute approximate surface area is 197 Å². The van der Waals surface area contributed by atoms with Gasteiger partial charge in [-0.3, -0.25) is 9.59 Å². The molecule has 0 radical (unpaired) electrons. The van der Waals surface area contributed by atoms with Gasteiger partial charge in [0.2, 0.25) is 5.91 Å². The van der Waals surface area contributed by atoms with Gasteiger partial charge < -0.3 is 10.6 Å². The molecule has 4 amide bonds. The smallest absolute Gasteiger partial charge is 0.303 e. The average Bonchev–Trinajstić information content (AvgIpc) is 3.31. The Hall–Kier alpha value is -3.20. The molecular weight excluding hydrogens is 471 g/mol. The summed E-state index contributed by atoms with van der Waals surface area (Å²) in [6.07, 6.45) is 3.70. The second-order valence-electron chi connectivity index (χ2n) is 6.86. The molecule has 4 rings (SSSR count). The van der Waals surface area contributed by atoms with Crippen LogP contribution in [0.2, 0.25) is 10.0 Å². The van der Waals surface area contributed by atoms with Crippen LogP contribution in [0.4, 0.5) is 9.93 Å². The molecule has 0 unspecified atom stereocenters. The van der Waals surface area contributed by atoms with Crippen molar-refractivity contribution in [2.24, 2.45) is 0 Å². The van der Waals surface area contributed by atoms with E-state index in [1.54, 1.807) is 30.5 Å². The van der Waals surface area contributed by atoms with Crippen molar-refractivity contribution in [3.05, 3.63) is 86.5 Å². The molecule has 1 fully saturated rings. The maximum Gasteiger partial charge on any atom is 0.329 e. The Morgan fingerprint density at radius 1 is 1.12 bits per heavy atom. The minimum Gasteiger partial charge on any atom is -0.303 e. The van der Waals surface area contributed by atoms with Gasteiger partial charge in [-0.2, -0.15) is 0 Å². The van der Waals surface area contributed by atoms with Gasteiger partial charge in [-0.1, -0.05) is 65.7 Å². The zero-order valence-corrected chi connectivity index (χ0v) is 18.8. The van der Waals surface area contributed by atoms with E-state index >= 15 is 0 Å². The predicted molar refractivity (Wildman–Crippen MR) is 125 cm³/mol. The molecule has 7 nitrogen and oxygen atoms in total. The highest BCUT2D eigenvalue weighted by Gasteiger charge is 2.35. The molecule has 1 aliphatic heterocycles. The fraction of sp³-hybridized carbons (Fsp3) is 0.0909. The van der Waals surface area contributed by atoms with Crippen molar-refractivity contribution in [1.29, 1.82) is 0 Å². The van der Waals surface area contributed by atoms with E-state index < -0.39 is 24.4 Å². The highest BCUT2D eigenvalue weighted by Crippen LogP contribution is 2.29. The van der Waals surface area contributed by atoms with Crippen LogP contribution < -0.4 is 10.6 Å².